The van der Waals surface area contributed by atoms with Gasteiger partial charge >= 0.3 is 0 Å². The average molecular weight is 331 g/mol. The molecule has 0 radical (unpaired) electrons. The minimum atomic E-state index is -0.0342. The van der Waals surface area contributed by atoms with Crippen molar-refractivity contribution in [2.45, 2.75) is 19.3 Å². The zero-order chi connectivity index (χ0) is 13.1. The van der Waals surface area contributed by atoms with Gasteiger partial charge < -0.3 is 9.88 Å². The number of hydrogen-bond acceptors (Lipinski definition) is 2. The lowest BCUT2D eigenvalue weighted by molar-refractivity contribution is -0.118. The van der Waals surface area contributed by atoms with Crippen LogP contribution >= 0.6 is 27.5 Å². The molecule has 0 saturated heterocycles. The molecule has 1 N–H and O–H groups in total. The largest absolute Gasteiger partial charge is 0.355 e. The summed E-state index contributed by atoms with van der Waals surface area (Å²) in [5.41, 5.74) is 1.93. The molecule has 1 aromatic carbocycles. The van der Waals surface area contributed by atoms with Gasteiger partial charge in [0.2, 0.25) is 5.91 Å². The third-order valence-corrected chi connectivity index (χ3v) is 3.35. The van der Waals surface area contributed by atoms with E-state index in [1.807, 2.05) is 22.8 Å². The fourth-order valence-electron chi connectivity index (χ4n) is 1.84. The van der Waals surface area contributed by atoms with Crippen LogP contribution in [0.4, 0.5) is 0 Å². The molecule has 2 aromatic rings. The van der Waals surface area contributed by atoms with Crippen molar-refractivity contribution in [2.24, 2.45) is 0 Å². The molecule has 2 rings (SSSR count). The van der Waals surface area contributed by atoms with Crippen molar-refractivity contribution in [1.82, 2.24) is 14.9 Å². The number of nitrogens with zero attached hydrogens (tertiary/aromatic N) is 2. The number of carbonyl (C=O) groups is 1. The van der Waals surface area contributed by atoms with Crippen LogP contribution in [-0.4, -0.2) is 22.0 Å². The SMILES string of the molecule is CC(=O)NCCn1c(CCl)nc2ccc(Br)cc21. The Balaban J connectivity index is 2.33. The van der Waals surface area contributed by atoms with Crippen LogP contribution in [0.3, 0.4) is 0 Å². The van der Waals surface area contributed by atoms with E-state index in [9.17, 15) is 4.79 Å². The summed E-state index contributed by atoms with van der Waals surface area (Å²) in [5, 5.41) is 2.77. The Kier molecular flexibility index (Phi) is 4.24. The first kappa shape index (κ1) is 13.4. The molecule has 96 valence electrons. The van der Waals surface area contributed by atoms with E-state index < -0.39 is 0 Å². The molecule has 0 saturated carbocycles. The minimum Gasteiger partial charge on any atom is -0.355 e. The first-order valence-electron chi connectivity index (χ1n) is 5.57. The Morgan fingerprint density at radius 3 is 3.00 bits per heavy atom. The minimum absolute atomic E-state index is 0.0342. The number of aromatic nitrogens is 2. The number of benzene rings is 1. The topological polar surface area (TPSA) is 46.9 Å². The van der Waals surface area contributed by atoms with Gasteiger partial charge in [0.15, 0.2) is 0 Å². The third kappa shape index (κ3) is 2.84. The number of imidazole rings is 1. The quantitative estimate of drug-likeness (QED) is 0.876. The van der Waals surface area contributed by atoms with Crippen LogP contribution in [0, 0.1) is 0 Å². The van der Waals surface area contributed by atoms with Crippen LogP contribution in [0.25, 0.3) is 11.0 Å². The van der Waals surface area contributed by atoms with Crippen molar-refractivity contribution < 1.29 is 4.79 Å². The van der Waals surface area contributed by atoms with Gasteiger partial charge in [-0.15, -0.1) is 11.6 Å². The Hall–Kier alpha value is -1.07. The second-order valence-corrected chi connectivity index (χ2v) is 5.11. The Morgan fingerprint density at radius 1 is 1.56 bits per heavy atom. The first-order chi connectivity index (χ1) is 8.61. The van der Waals surface area contributed by atoms with Gasteiger partial charge in [0, 0.05) is 24.5 Å². The fraction of sp³-hybridized carbons (Fsp3) is 0.333. The second kappa shape index (κ2) is 5.71. The van der Waals surface area contributed by atoms with E-state index in [4.69, 9.17) is 11.6 Å². The van der Waals surface area contributed by atoms with Crippen LogP contribution in [0.1, 0.15) is 12.7 Å². The van der Waals surface area contributed by atoms with E-state index in [-0.39, 0.29) is 5.91 Å². The van der Waals surface area contributed by atoms with Gasteiger partial charge in [0.25, 0.3) is 0 Å². The van der Waals surface area contributed by atoms with E-state index in [1.54, 1.807) is 0 Å². The summed E-state index contributed by atoms with van der Waals surface area (Å²) in [5.74, 6) is 1.13. The fourth-order valence-corrected chi connectivity index (χ4v) is 2.39. The van der Waals surface area contributed by atoms with Crippen LogP contribution in [0.15, 0.2) is 22.7 Å². The molecule has 1 aromatic heterocycles. The van der Waals surface area contributed by atoms with E-state index >= 15 is 0 Å². The van der Waals surface area contributed by atoms with Gasteiger partial charge in [0.05, 0.1) is 16.9 Å². The summed E-state index contributed by atoms with van der Waals surface area (Å²) in [6.45, 7) is 2.73. The van der Waals surface area contributed by atoms with Crippen LogP contribution in [-0.2, 0) is 17.2 Å². The maximum atomic E-state index is 10.9. The summed E-state index contributed by atoms with van der Waals surface area (Å²) in [6.07, 6.45) is 0. The number of amides is 1. The molecular weight excluding hydrogens is 318 g/mol. The highest BCUT2D eigenvalue weighted by Gasteiger charge is 2.10. The van der Waals surface area contributed by atoms with E-state index in [0.29, 0.717) is 19.0 Å². The maximum absolute atomic E-state index is 10.9. The zero-order valence-corrected chi connectivity index (χ0v) is 12.3. The van der Waals surface area contributed by atoms with Crippen molar-refractivity contribution in [3.8, 4) is 0 Å². The van der Waals surface area contributed by atoms with Gasteiger partial charge in [-0.05, 0) is 18.2 Å². The molecule has 0 unspecified atom stereocenters. The number of alkyl halides is 1. The summed E-state index contributed by atoms with van der Waals surface area (Å²) < 4.78 is 3.03. The Bertz CT molecular complexity index is 582. The number of halogens is 2. The summed E-state index contributed by atoms with van der Waals surface area (Å²) in [4.78, 5) is 15.3. The predicted octanol–water partition coefficient (Wildman–Crippen LogP) is 2.67. The number of rotatable bonds is 4. The summed E-state index contributed by atoms with van der Waals surface area (Å²) in [6, 6.07) is 5.90. The molecule has 4 nitrogen and oxygen atoms in total. The number of carbonyl (C=O) groups excluding carboxylic acids is 1. The van der Waals surface area contributed by atoms with Gasteiger partial charge in [0.1, 0.15) is 5.82 Å². The Labute approximate surface area is 118 Å². The highest BCUT2D eigenvalue weighted by atomic mass is 79.9. The van der Waals surface area contributed by atoms with Crippen molar-refractivity contribution in [2.75, 3.05) is 6.54 Å². The van der Waals surface area contributed by atoms with Crippen LogP contribution in [0.5, 0.6) is 0 Å². The molecule has 0 spiro atoms. The van der Waals surface area contributed by atoms with Gasteiger partial charge in [-0.2, -0.15) is 0 Å². The second-order valence-electron chi connectivity index (χ2n) is 3.93. The van der Waals surface area contributed by atoms with E-state index in [2.05, 4.69) is 26.2 Å². The monoisotopic (exact) mass is 329 g/mol. The maximum Gasteiger partial charge on any atom is 0.216 e. The van der Waals surface area contributed by atoms with E-state index in [0.717, 1.165) is 21.3 Å². The summed E-state index contributed by atoms with van der Waals surface area (Å²) in [7, 11) is 0. The molecular formula is C12H13BrClN3O. The molecule has 0 aliphatic heterocycles. The number of fused-ring (bicyclic) bond motifs is 1. The lowest BCUT2D eigenvalue weighted by atomic mass is 10.3. The van der Waals surface area contributed by atoms with Crippen molar-refractivity contribution >= 4 is 44.5 Å². The predicted molar refractivity (Wildman–Crippen MR) is 75.7 cm³/mol. The first-order valence-corrected chi connectivity index (χ1v) is 6.89. The van der Waals surface area contributed by atoms with Gasteiger partial charge in [-0.3, -0.25) is 4.79 Å². The molecule has 0 bridgehead atoms. The highest BCUT2D eigenvalue weighted by molar-refractivity contribution is 9.10. The third-order valence-electron chi connectivity index (χ3n) is 2.62. The normalized spacial score (nSPS) is 10.8. The lowest BCUT2D eigenvalue weighted by Crippen LogP contribution is -2.24. The molecule has 0 fully saturated rings. The molecule has 1 amide bonds. The molecule has 6 heteroatoms. The summed E-state index contributed by atoms with van der Waals surface area (Å²) >= 11 is 9.35. The van der Waals surface area contributed by atoms with Crippen LogP contribution in [0.2, 0.25) is 0 Å². The van der Waals surface area contributed by atoms with Gasteiger partial charge in [-0.1, -0.05) is 15.9 Å². The van der Waals surface area contributed by atoms with Crippen LogP contribution < -0.4 is 5.32 Å². The molecule has 0 aliphatic carbocycles. The lowest BCUT2D eigenvalue weighted by Gasteiger charge is -2.08. The highest BCUT2D eigenvalue weighted by Crippen LogP contribution is 2.21. The number of nitrogens with one attached hydrogen (secondary N) is 1. The van der Waals surface area contributed by atoms with Crippen molar-refractivity contribution in [1.29, 1.82) is 0 Å². The number of hydrogen-bond donors (Lipinski definition) is 1. The molecule has 18 heavy (non-hydrogen) atoms. The average Bonchev–Trinajstić information content (AvgIpc) is 2.66. The molecule has 1 heterocycles. The zero-order valence-electron chi connectivity index (χ0n) is 9.91. The molecule has 0 aliphatic rings. The van der Waals surface area contributed by atoms with Crippen molar-refractivity contribution in [3.05, 3.63) is 28.5 Å². The van der Waals surface area contributed by atoms with E-state index in [1.165, 1.54) is 6.92 Å². The Morgan fingerprint density at radius 2 is 2.33 bits per heavy atom. The van der Waals surface area contributed by atoms with Gasteiger partial charge in [-0.25, -0.2) is 4.98 Å². The smallest absolute Gasteiger partial charge is 0.216 e. The molecule has 0 atom stereocenters. The van der Waals surface area contributed by atoms with Crippen molar-refractivity contribution in [3.63, 3.8) is 0 Å². The standard InChI is InChI=1S/C12H13BrClN3O/c1-8(18)15-4-5-17-11-6-9(13)2-3-10(11)16-12(17)7-14/h2-3,6H,4-5,7H2,1H3,(H,15,18).